The molecule has 1 saturated heterocycles. The Hall–Kier alpha value is -0.410. The molecular weight excluding hydrogens is 216 g/mol. The maximum absolute atomic E-state index is 4.22. The molecule has 1 aliphatic rings. The molecule has 0 amide bonds. The van der Waals surface area contributed by atoms with E-state index in [9.17, 15) is 0 Å². The van der Waals surface area contributed by atoms with Crippen molar-refractivity contribution < 1.29 is 0 Å². The molecule has 0 aromatic carbocycles. The van der Waals surface area contributed by atoms with Crippen molar-refractivity contribution in [1.29, 1.82) is 0 Å². The Kier molecular flexibility index (Phi) is 2.15. The lowest BCUT2D eigenvalue weighted by atomic mass is 9.96. The van der Waals surface area contributed by atoms with Crippen molar-refractivity contribution in [3.8, 4) is 0 Å². The lowest BCUT2D eigenvalue weighted by Crippen LogP contribution is -2.35. The van der Waals surface area contributed by atoms with Gasteiger partial charge < -0.3 is 5.32 Å². The number of hydrogen-bond acceptors (Lipinski definition) is 2. The zero-order valence-electron chi connectivity index (χ0n) is 6.97. The molecule has 0 spiro atoms. The van der Waals surface area contributed by atoms with Gasteiger partial charge in [-0.1, -0.05) is 0 Å². The molecule has 1 atom stereocenters. The first-order valence-corrected chi connectivity index (χ1v) is 4.92. The molecule has 0 aliphatic carbocycles. The number of nitrogens with zero attached hydrogens (tertiary/aromatic N) is 1. The second kappa shape index (κ2) is 3.15. The van der Waals surface area contributed by atoms with Crippen molar-refractivity contribution in [2.45, 2.75) is 19.4 Å². The van der Waals surface area contributed by atoms with Crippen LogP contribution >= 0.6 is 15.9 Å². The molecule has 1 aromatic heterocycles. The third-order valence-corrected chi connectivity index (χ3v) is 2.96. The van der Waals surface area contributed by atoms with E-state index in [4.69, 9.17) is 0 Å². The van der Waals surface area contributed by atoms with Crippen LogP contribution in [0.15, 0.2) is 16.9 Å². The van der Waals surface area contributed by atoms with Crippen LogP contribution in [-0.4, -0.2) is 11.5 Å². The first-order chi connectivity index (χ1) is 5.79. The molecule has 2 nitrogen and oxygen atoms in total. The lowest BCUT2D eigenvalue weighted by molar-refractivity contribution is 0.379. The lowest BCUT2D eigenvalue weighted by Gasteiger charge is -2.29. The smallest absolute Gasteiger partial charge is 0.111 e. The number of aryl methyl sites for hydroxylation is 1. The van der Waals surface area contributed by atoms with Gasteiger partial charge in [-0.15, -0.1) is 0 Å². The molecular formula is C9H11BrN2. The minimum Gasteiger partial charge on any atom is -0.310 e. The molecule has 0 radical (unpaired) electrons. The fourth-order valence-electron chi connectivity index (χ4n) is 1.49. The topological polar surface area (TPSA) is 24.9 Å². The molecule has 1 aliphatic heterocycles. The average molecular weight is 227 g/mol. The van der Waals surface area contributed by atoms with Gasteiger partial charge >= 0.3 is 0 Å². The Morgan fingerprint density at radius 2 is 2.42 bits per heavy atom. The van der Waals surface area contributed by atoms with Gasteiger partial charge in [-0.25, -0.2) is 4.98 Å². The second-order valence-corrected chi connectivity index (χ2v) is 3.88. The standard InChI is InChI=1S/C9H11BrN2/c1-6-2-4-12-9(10)8(6)7-3-5-11-7/h2,4,7,11H,3,5H2,1H3/t7-/m0/s1. The van der Waals surface area contributed by atoms with Crippen LogP contribution in [0.1, 0.15) is 23.6 Å². The van der Waals surface area contributed by atoms with E-state index in [1.165, 1.54) is 17.5 Å². The molecule has 0 bridgehead atoms. The molecule has 0 saturated carbocycles. The van der Waals surface area contributed by atoms with Gasteiger partial charge in [0.1, 0.15) is 4.60 Å². The molecule has 1 aromatic rings. The SMILES string of the molecule is Cc1ccnc(Br)c1[C@@H]1CCN1. The Balaban J connectivity index is 2.39. The third-order valence-electron chi connectivity index (χ3n) is 2.33. The second-order valence-electron chi connectivity index (χ2n) is 3.13. The fourth-order valence-corrected chi connectivity index (χ4v) is 2.20. The fraction of sp³-hybridized carbons (Fsp3) is 0.444. The molecule has 2 heterocycles. The molecule has 1 N–H and O–H groups in total. The Labute approximate surface area is 80.5 Å². The highest BCUT2D eigenvalue weighted by Gasteiger charge is 2.22. The Morgan fingerprint density at radius 3 is 2.92 bits per heavy atom. The van der Waals surface area contributed by atoms with Gasteiger partial charge in [0.25, 0.3) is 0 Å². The summed E-state index contributed by atoms with van der Waals surface area (Å²) in [6.07, 6.45) is 3.06. The van der Waals surface area contributed by atoms with Crippen molar-refractivity contribution in [1.82, 2.24) is 10.3 Å². The highest BCUT2D eigenvalue weighted by Crippen LogP contribution is 2.30. The summed E-state index contributed by atoms with van der Waals surface area (Å²) in [7, 11) is 0. The summed E-state index contributed by atoms with van der Waals surface area (Å²) in [5.74, 6) is 0. The van der Waals surface area contributed by atoms with Crippen LogP contribution in [0.2, 0.25) is 0 Å². The third kappa shape index (κ3) is 1.27. The summed E-state index contributed by atoms with van der Waals surface area (Å²) in [4.78, 5) is 4.22. The summed E-state index contributed by atoms with van der Waals surface area (Å²) in [6, 6.07) is 2.58. The van der Waals surface area contributed by atoms with Gasteiger partial charge in [-0.2, -0.15) is 0 Å². The van der Waals surface area contributed by atoms with Crippen molar-refractivity contribution in [2.24, 2.45) is 0 Å². The van der Waals surface area contributed by atoms with Crippen molar-refractivity contribution in [3.05, 3.63) is 28.0 Å². The summed E-state index contributed by atoms with van der Waals surface area (Å²) >= 11 is 3.47. The van der Waals surface area contributed by atoms with Crippen molar-refractivity contribution >= 4 is 15.9 Å². The molecule has 64 valence electrons. The van der Waals surface area contributed by atoms with Crippen LogP contribution in [0, 0.1) is 6.92 Å². The first kappa shape index (κ1) is 8.20. The predicted octanol–water partition coefficient (Wildman–Crippen LogP) is 2.19. The van der Waals surface area contributed by atoms with Crippen molar-refractivity contribution in [3.63, 3.8) is 0 Å². The van der Waals surface area contributed by atoms with Crippen LogP contribution in [-0.2, 0) is 0 Å². The van der Waals surface area contributed by atoms with Gasteiger partial charge in [0.15, 0.2) is 0 Å². The van der Waals surface area contributed by atoms with E-state index >= 15 is 0 Å². The minimum atomic E-state index is 0.521. The van der Waals surface area contributed by atoms with Crippen molar-refractivity contribution in [2.75, 3.05) is 6.54 Å². The average Bonchev–Trinajstić information content (AvgIpc) is 1.93. The van der Waals surface area contributed by atoms with Gasteiger partial charge in [0.2, 0.25) is 0 Å². The number of halogens is 1. The predicted molar refractivity (Wildman–Crippen MR) is 52.0 cm³/mol. The van der Waals surface area contributed by atoms with Crippen LogP contribution < -0.4 is 5.32 Å². The number of hydrogen-bond donors (Lipinski definition) is 1. The van der Waals surface area contributed by atoms with Crippen LogP contribution in [0.3, 0.4) is 0 Å². The maximum atomic E-state index is 4.22. The Bertz CT molecular complexity index is 274. The molecule has 2 rings (SSSR count). The van der Waals surface area contributed by atoms with E-state index < -0.39 is 0 Å². The first-order valence-electron chi connectivity index (χ1n) is 4.13. The summed E-state index contributed by atoms with van der Waals surface area (Å²) in [5.41, 5.74) is 2.64. The monoisotopic (exact) mass is 226 g/mol. The van der Waals surface area contributed by atoms with E-state index in [-0.39, 0.29) is 0 Å². The number of aromatic nitrogens is 1. The van der Waals surface area contributed by atoms with Gasteiger partial charge in [0, 0.05) is 17.8 Å². The highest BCUT2D eigenvalue weighted by atomic mass is 79.9. The summed E-state index contributed by atoms with van der Waals surface area (Å²) in [6.45, 7) is 3.26. The largest absolute Gasteiger partial charge is 0.310 e. The molecule has 0 unspecified atom stereocenters. The number of pyridine rings is 1. The van der Waals surface area contributed by atoms with E-state index in [0.717, 1.165) is 11.1 Å². The minimum absolute atomic E-state index is 0.521. The van der Waals surface area contributed by atoms with Crippen LogP contribution in [0.4, 0.5) is 0 Å². The summed E-state index contributed by atoms with van der Waals surface area (Å²) < 4.78 is 0.986. The zero-order chi connectivity index (χ0) is 8.55. The summed E-state index contributed by atoms with van der Waals surface area (Å²) in [5, 5.41) is 3.37. The van der Waals surface area contributed by atoms with E-state index in [1.807, 2.05) is 6.20 Å². The van der Waals surface area contributed by atoms with E-state index in [0.29, 0.717) is 6.04 Å². The molecule has 12 heavy (non-hydrogen) atoms. The highest BCUT2D eigenvalue weighted by molar-refractivity contribution is 9.10. The van der Waals surface area contributed by atoms with Crippen LogP contribution in [0.5, 0.6) is 0 Å². The zero-order valence-corrected chi connectivity index (χ0v) is 8.56. The molecule has 3 heteroatoms. The quantitative estimate of drug-likeness (QED) is 0.744. The maximum Gasteiger partial charge on any atom is 0.111 e. The van der Waals surface area contributed by atoms with Crippen LogP contribution in [0.25, 0.3) is 0 Å². The number of rotatable bonds is 1. The van der Waals surface area contributed by atoms with E-state index in [1.54, 1.807) is 0 Å². The number of nitrogens with one attached hydrogen (secondary N) is 1. The Morgan fingerprint density at radius 1 is 1.67 bits per heavy atom. The molecule has 1 fully saturated rings. The normalized spacial score (nSPS) is 22.0. The van der Waals surface area contributed by atoms with Gasteiger partial charge in [-0.05, 0) is 47.4 Å². The van der Waals surface area contributed by atoms with E-state index in [2.05, 4.69) is 39.2 Å². The van der Waals surface area contributed by atoms with Gasteiger partial charge in [-0.3, -0.25) is 0 Å². The van der Waals surface area contributed by atoms with Gasteiger partial charge in [0.05, 0.1) is 0 Å².